The molecule has 18 heavy (non-hydrogen) atoms. The zero-order chi connectivity index (χ0) is 13.0. The Kier molecular flexibility index (Phi) is 3.72. The fourth-order valence-corrected chi connectivity index (χ4v) is 1.69. The molecule has 0 aromatic carbocycles. The minimum atomic E-state index is -0.209. The fraction of sp³-hybridized carbons (Fsp3) is 0.308. The Morgan fingerprint density at radius 2 is 2.28 bits per heavy atom. The maximum absolute atomic E-state index is 11.9. The highest BCUT2D eigenvalue weighted by atomic mass is 16.1. The largest absolute Gasteiger partial charge is 0.320 e. The zero-order valence-corrected chi connectivity index (χ0v) is 10.5. The molecule has 94 valence electrons. The van der Waals surface area contributed by atoms with Gasteiger partial charge in [-0.15, -0.1) is 0 Å². The van der Waals surface area contributed by atoms with Gasteiger partial charge in [0.15, 0.2) is 5.69 Å². The third-order valence-electron chi connectivity index (χ3n) is 2.54. The van der Waals surface area contributed by atoms with E-state index < -0.39 is 0 Å². The van der Waals surface area contributed by atoms with Crippen molar-refractivity contribution in [1.82, 2.24) is 15.2 Å². The maximum atomic E-state index is 11.9. The third-order valence-corrected chi connectivity index (χ3v) is 2.54. The van der Waals surface area contributed by atoms with Crippen molar-refractivity contribution in [1.29, 1.82) is 0 Å². The molecule has 2 N–H and O–H groups in total. The summed E-state index contributed by atoms with van der Waals surface area (Å²) in [5.41, 5.74) is 2.98. The van der Waals surface area contributed by atoms with E-state index in [4.69, 9.17) is 0 Å². The summed E-state index contributed by atoms with van der Waals surface area (Å²) in [6, 6.07) is 5.36. The number of anilines is 1. The summed E-state index contributed by atoms with van der Waals surface area (Å²) in [4.78, 5) is 16.0. The minimum Gasteiger partial charge on any atom is -0.320 e. The van der Waals surface area contributed by atoms with Gasteiger partial charge in [-0.2, -0.15) is 5.10 Å². The second-order valence-electron chi connectivity index (χ2n) is 4.17. The number of aryl methyl sites for hydroxylation is 2. The number of aromatic amines is 1. The molecular formula is C13H16N4O. The van der Waals surface area contributed by atoms with E-state index in [2.05, 4.69) is 27.4 Å². The highest BCUT2D eigenvalue weighted by Gasteiger charge is 2.10. The first-order valence-corrected chi connectivity index (χ1v) is 5.97. The van der Waals surface area contributed by atoms with E-state index in [9.17, 15) is 4.79 Å². The molecule has 2 rings (SSSR count). The monoisotopic (exact) mass is 244 g/mol. The van der Waals surface area contributed by atoms with Crippen LogP contribution in [0.1, 0.15) is 35.2 Å². The van der Waals surface area contributed by atoms with E-state index in [0.29, 0.717) is 5.69 Å². The minimum absolute atomic E-state index is 0.209. The van der Waals surface area contributed by atoms with Gasteiger partial charge in [0, 0.05) is 23.3 Å². The van der Waals surface area contributed by atoms with E-state index in [1.807, 2.05) is 13.0 Å². The van der Waals surface area contributed by atoms with Gasteiger partial charge >= 0.3 is 0 Å². The van der Waals surface area contributed by atoms with Crippen LogP contribution in [0.5, 0.6) is 0 Å². The number of nitrogens with one attached hydrogen (secondary N) is 2. The van der Waals surface area contributed by atoms with Crippen molar-refractivity contribution in [2.75, 3.05) is 5.32 Å². The lowest BCUT2D eigenvalue weighted by Crippen LogP contribution is -2.12. The lowest BCUT2D eigenvalue weighted by molar-refractivity contribution is 0.102. The Balaban J connectivity index is 2.07. The molecule has 2 aromatic heterocycles. The molecule has 0 aliphatic rings. The molecule has 0 unspecified atom stereocenters. The molecule has 0 radical (unpaired) electrons. The predicted molar refractivity (Wildman–Crippen MR) is 69.5 cm³/mol. The Morgan fingerprint density at radius 3 is 3.00 bits per heavy atom. The van der Waals surface area contributed by atoms with Crippen molar-refractivity contribution in [2.45, 2.75) is 26.7 Å². The van der Waals surface area contributed by atoms with Gasteiger partial charge in [0.25, 0.3) is 5.91 Å². The third kappa shape index (κ3) is 2.94. The number of rotatable bonds is 4. The van der Waals surface area contributed by atoms with Gasteiger partial charge < -0.3 is 5.32 Å². The Bertz CT molecular complexity index is 547. The van der Waals surface area contributed by atoms with E-state index in [0.717, 1.165) is 29.9 Å². The summed E-state index contributed by atoms with van der Waals surface area (Å²) in [6.07, 6.45) is 3.58. The van der Waals surface area contributed by atoms with Gasteiger partial charge in [-0.05, 0) is 31.5 Å². The summed E-state index contributed by atoms with van der Waals surface area (Å²) < 4.78 is 0. The van der Waals surface area contributed by atoms with Gasteiger partial charge in [-0.25, -0.2) is 0 Å². The van der Waals surface area contributed by atoms with Crippen molar-refractivity contribution in [3.8, 4) is 0 Å². The number of pyridine rings is 1. The summed E-state index contributed by atoms with van der Waals surface area (Å²) in [5, 5.41) is 9.66. The number of amides is 1. The van der Waals surface area contributed by atoms with Crippen LogP contribution in [0.4, 0.5) is 5.69 Å². The van der Waals surface area contributed by atoms with Crippen LogP contribution in [-0.4, -0.2) is 21.1 Å². The van der Waals surface area contributed by atoms with Crippen LogP contribution in [0.3, 0.4) is 0 Å². The fourth-order valence-electron chi connectivity index (χ4n) is 1.69. The van der Waals surface area contributed by atoms with E-state index in [-0.39, 0.29) is 5.91 Å². The van der Waals surface area contributed by atoms with E-state index in [1.165, 1.54) is 0 Å². The maximum Gasteiger partial charge on any atom is 0.276 e. The number of nitrogens with zero attached hydrogens (tertiary/aromatic N) is 2. The SMILES string of the molecule is CCCc1cc(C(=O)Nc2ccnc(C)c2)n[nH]1. The van der Waals surface area contributed by atoms with Gasteiger partial charge in [0.05, 0.1) is 0 Å². The number of aromatic nitrogens is 3. The average Bonchev–Trinajstić information content (AvgIpc) is 2.78. The topological polar surface area (TPSA) is 70.7 Å². The summed E-state index contributed by atoms with van der Waals surface area (Å²) in [6.45, 7) is 3.96. The van der Waals surface area contributed by atoms with E-state index >= 15 is 0 Å². The molecule has 2 aromatic rings. The zero-order valence-electron chi connectivity index (χ0n) is 10.5. The van der Waals surface area contributed by atoms with Crippen LogP contribution >= 0.6 is 0 Å². The van der Waals surface area contributed by atoms with E-state index in [1.54, 1.807) is 18.3 Å². The molecule has 0 aliphatic carbocycles. The predicted octanol–water partition coefficient (Wildman–Crippen LogP) is 2.32. The highest BCUT2D eigenvalue weighted by Crippen LogP contribution is 2.10. The smallest absolute Gasteiger partial charge is 0.276 e. The molecule has 0 spiro atoms. The number of hydrogen-bond donors (Lipinski definition) is 2. The standard InChI is InChI=1S/C13H16N4O/c1-3-4-11-8-12(17-16-11)13(18)15-10-5-6-14-9(2)7-10/h5-8H,3-4H2,1-2H3,(H,16,17)(H,14,15,18). The molecule has 5 nitrogen and oxygen atoms in total. The van der Waals surface area contributed by atoms with Crippen LogP contribution in [0.2, 0.25) is 0 Å². The van der Waals surface area contributed by atoms with Crippen molar-refractivity contribution in [3.63, 3.8) is 0 Å². The Hall–Kier alpha value is -2.17. The molecule has 5 heteroatoms. The van der Waals surface area contributed by atoms with Gasteiger partial charge in [0.2, 0.25) is 0 Å². The normalized spacial score (nSPS) is 10.3. The number of hydrogen-bond acceptors (Lipinski definition) is 3. The number of H-pyrrole nitrogens is 1. The lowest BCUT2D eigenvalue weighted by Gasteiger charge is -2.02. The highest BCUT2D eigenvalue weighted by molar-refractivity contribution is 6.02. The molecule has 0 atom stereocenters. The van der Waals surface area contributed by atoms with Gasteiger partial charge in [0.1, 0.15) is 0 Å². The molecule has 0 saturated carbocycles. The molecular weight excluding hydrogens is 228 g/mol. The van der Waals surface area contributed by atoms with Crippen LogP contribution < -0.4 is 5.32 Å². The molecule has 0 aliphatic heterocycles. The first-order valence-electron chi connectivity index (χ1n) is 5.97. The van der Waals surface area contributed by atoms with Crippen LogP contribution in [0.25, 0.3) is 0 Å². The van der Waals surface area contributed by atoms with Crippen LogP contribution in [-0.2, 0) is 6.42 Å². The molecule has 0 saturated heterocycles. The van der Waals surface area contributed by atoms with Crippen LogP contribution in [0.15, 0.2) is 24.4 Å². The van der Waals surface area contributed by atoms with Crippen LogP contribution in [0, 0.1) is 6.92 Å². The lowest BCUT2D eigenvalue weighted by atomic mass is 10.2. The van der Waals surface area contributed by atoms with Crippen molar-refractivity contribution in [3.05, 3.63) is 41.5 Å². The van der Waals surface area contributed by atoms with Crippen molar-refractivity contribution < 1.29 is 4.79 Å². The second kappa shape index (κ2) is 5.44. The average molecular weight is 244 g/mol. The van der Waals surface area contributed by atoms with Crippen molar-refractivity contribution in [2.24, 2.45) is 0 Å². The first kappa shape index (κ1) is 12.3. The quantitative estimate of drug-likeness (QED) is 0.867. The molecule has 1 amide bonds. The Labute approximate surface area is 106 Å². The molecule has 0 fully saturated rings. The summed E-state index contributed by atoms with van der Waals surface area (Å²) in [7, 11) is 0. The second-order valence-corrected chi connectivity index (χ2v) is 4.17. The molecule has 2 heterocycles. The first-order chi connectivity index (χ1) is 8.69. The summed E-state index contributed by atoms with van der Waals surface area (Å²) in [5.74, 6) is -0.209. The van der Waals surface area contributed by atoms with Gasteiger partial charge in [-0.1, -0.05) is 13.3 Å². The Morgan fingerprint density at radius 1 is 1.44 bits per heavy atom. The van der Waals surface area contributed by atoms with Crippen molar-refractivity contribution >= 4 is 11.6 Å². The number of carbonyl (C=O) groups is 1. The molecule has 0 bridgehead atoms. The van der Waals surface area contributed by atoms with Gasteiger partial charge in [-0.3, -0.25) is 14.9 Å². The number of carbonyl (C=O) groups excluding carboxylic acids is 1. The summed E-state index contributed by atoms with van der Waals surface area (Å²) >= 11 is 0.